The summed E-state index contributed by atoms with van der Waals surface area (Å²) in [7, 11) is 1.61. The lowest BCUT2D eigenvalue weighted by molar-refractivity contribution is -0.120. The Morgan fingerprint density at radius 2 is 2.26 bits per heavy atom. The normalized spacial score (nSPS) is 26.4. The van der Waals surface area contributed by atoms with Crippen LogP contribution in [0.25, 0.3) is 0 Å². The third-order valence-corrected chi connectivity index (χ3v) is 3.60. The average Bonchev–Trinajstić information content (AvgIpc) is 2.40. The van der Waals surface area contributed by atoms with Crippen molar-refractivity contribution in [3.05, 3.63) is 37.5 Å². The lowest BCUT2D eigenvalue weighted by atomic mass is 9.69. The van der Waals surface area contributed by atoms with E-state index in [1.165, 1.54) is 0 Å². The molecule has 0 aromatic heterocycles. The molecule has 0 heterocycles. The zero-order chi connectivity index (χ0) is 14.1. The second-order valence-corrected chi connectivity index (χ2v) is 5.08. The van der Waals surface area contributed by atoms with Crippen molar-refractivity contribution in [2.45, 2.75) is 25.7 Å². The number of ether oxygens (including phenoxy) is 2. The zero-order valence-corrected chi connectivity index (χ0v) is 11.8. The molecule has 19 heavy (non-hydrogen) atoms. The summed E-state index contributed by atoms with van der Waals surface area (Å²) >= 11 is 0. The van der Waals surface area contributed by atoms with Crippen molar-refractivity contribution in [3.8, 4) is 0 Å². The molecule has 1 aliphatic carbocycles. The van der Waals surface area contributed by atoms with Crippen molar-refractivity contribution < 1.29 is 14.3 Å². The molecule has 0 radical (unpaired) electrons. The van der Waals surface area contributed by atoms with Gasteiger partial charge in [-0.25, -0.2) is 0 Å². The van der Waals surface area contributed by atoms with Crippen LogP contribution in [-0.4, -0.2) is 26.3 Å². The molecule has 2 unspecified atom stereocenters. The smallest absolute Gasteiger partial charge is 0.158 e. The highest BCUT2D eigenvalue weighted by Gasteiger charge is 2.34. The third-order valence-electron chi connectivity index (χ3n) is 3.60. The van der Waals surface area contributed by atoms with E-state index in [9.17, 15) is 4.79 Å². The number of allylic oxidation sites excluding steroid dienone is 4. The first kappa shape index (κ1) is 15.9. The van der Waals surface area contributed by atoms with Gasteiger partial charge in [-0.05, 0) is 37.2 Å². The van der Waals surface area contributed by atoms with E-state index < -0.39 is 0 Å². The highest BCUT2D eigenvalue weighted by Crippen LogP contribution is 2.40. The van der Waals surface area contributed by atoms with Gasteiger partial charge >= 0.3 is 0 Å². The monoisotopic (exact) mass is 264 g/mol. The van der Waals surface area contributed by atoms with Gasteiger partial charge in [0, 0.05) is 13.0 Å². The summed E-state index contributed by atoms with van der Waals surface area (Å²) in [6, 6.07) is 0. The predicted octanol–water partition coefficient (Wildman–Crippen LogP) is 3.28. The molecule has 0 N–H and O–H groups in total. The first-order valence-corrected chi connectivity index (χ1v) is 6.69. The molecule has 3 nitrogen and oxygen atoms in total. The Labute approximate surface area is 116 Å². The van der Waals surface area contributed by atoms with E-state index in [2.05, 4.69) is 13.2 Å². The second kappa shape index (κ2) is 8.08. The van der Waals surface area contributed by atoms with E-state index in [0.717, 1.165) is 25.7 Å². The van der Waals surface area contributed by atoms with Gasteiger partial charge in [0.2, 0.25) is 0 Å². The molecule has 0 spiro atoms. The van der Waals surface area contributed by atoms with Crippen molar-refractivity contribution in [2.75, 3.05) is 20.5 Å². The van der Waals surface area contributed by atoms with Gasteiger partial charge in [0.05, 0.1) is 6.61 Å². The molecule has 106 valence electrons. The maximum Gasteiger partial charge on any atom is 0.158 e. The first-order valence-electron chi connectivity index (χ1n) is 6.69. The van der Waals surface area contributed by atoms with Gasteiger partial charge in [0.15, 0.2) is 5.78 Å². The summed E-state index contributed by atoms with van der Waals surface area (Å²) in [5, 5.41) is 0. The molecule has 0 bridgehead atoms. The van der Waals surface area contributed by atoms with Crippen molar-refractivity contribution >= 4 is 5.78 Å². The second-order valence-electron chi connectivity index (χ2n) is 5.08. The van der Waals surface area contributed by atoms with Gasteiger partial charge in [0.1, 0.15) is 6.79 Å². The van der Waals surface area contributed by atoms with E-state index in [0.29, 0.717) is 13.4 Å². The Morgan fingerprint density at radius 1 is 1.47 bits per heavy atom. The summed E-state index contributed by atoms with van der Waals surface area (Å²) in [6.07, 6.45) is 10.8. The summed E-state index contributed by atoms with van der Waals surface area (Å²) in [4.78, 5) is 11.8. The SMILES string of the molecule is C=CCC1CC(CC=C)(CCOCOC)C=CC1=O. The van der Waals surface area contributed by atoms with E-state index in [-0.39, 0.29) is 17.1 Å². The molecular weight excluding hydrogens is 240 g/mol. The van der Waals surface area contributed by atoms with Crippen LogP contribution in [0.4, 0.5) is 0 Å². The number of ketones is 1. The first-order chi connectivity index (χ1) is 9.17. The van der Waals surface area contributed by atoms with Gasteiger partial charge in [0.25, 0.3) is 0 Å². The zero-order valence-electron chi connectivity index (χ0n) is 11.8. The number of hydrogen-bond donors (Lipinski definition) is 0. The molecule has 1 rings (SSSR count). The number of methoxy groups -OCH3 is 1. The van der Waals surface area contributed by atoms with Crippen LogP contribution >= 0.6 is 0 Å². The van der Waals surface area contributed by atoms with E-state index >= 15 is 0 Å². The minimum absolute atomic E-state index is 0.0168. The molecular formula is C16H24O3. The molecule has 1 aliphatic rings. The summed E-state index contributed by atoms with van der Waals surface area (Å²) in [6.45, 7) is 8.50. The maximum absolute atomic E-state index is 11.8. The van der Waals surface area contributed by atoms with Crippen molar-refractivity contribution in [1.82, 2.24) is 0 Å². The van der Waals surface area contributed by atoms with Crippen LogP contribution in [-0.2, 0) is 14.3 Å². The maximum atomic E-state index is 11.8. The molecule has 0 aromatic carbocycles. The van der Waals surface area contributed by atoms with Crippen LogP contribution in [0.1, 0.15) is 25.7 Å². The fourth-order valence-corrected chi connectivity index (χ4v) is 2.60. The number of carbonyl (C=O) groups is 1. The average molecular weight is 264 g/mol. The number of carbonyl (C=O) groups excluding carboxylic acids is 1. The summed E-state index contributed by atoms with van der Waals surface area (Å²) < 4.78 is 10.3. The Morgan fingerprint density at radius 3 is 2.89 bits per heavy atom. The van der Waals surface area contributed by atoms with Crippen molar-refractivity contribution in [1.29, 1.82) is 0 Å². The van der Waals surface area contributed by atoms with Crippen LogP contribution in [0.5, 0.6) is 0 Å². The molecule has 2 atom stereocenters. The highest BCUT2D eigenvalue weighted by atomic mass is 16.7. The number of hydrogen-bond acceptors (Lipinski definition) is 3. The van der Waals surface area contributed by atoms with Gasteiger partial charge < -0.3 is 9.47 Å². The molecule has 0 saturated carbocycles. The predicted molar refractivity (Wildman–Crippen MR) is 76.8 cm³/mol. The Hall–Kier alpha value is -1.19. The van der Waals surface area contributed by atoms with Crippen LogP contribution in [0.15, 0.2) is 37.5 Å². The van der Waals surface area contributed by atoms with E-state index in [1.807, 2.05) is 18.2 Å². The third kappa shape index (κ3) is 4.77. The molecule has 3 heteroatoms. The Balaban J connectivity index is 2.69. The largest absolute Gasteiger partial charge is 0.359 e. The topological polar surface area (TPSA) is 35.5 Å². The molecule has 0 aromatic rings. The Bertz CT molecular complexity index is 346. The lowest BCUT2D eigenvalue weighted by Crippen LogP contribution is -2.31. The van der Waals surface area contributed by atoms with Crippen LogP contribution in [0.2, 0.25) is 0 Å². The summed E-state index contributed by atoms with van der Waals surface area (Å²) in [5.41, 5.74) is -0.0168. The minimum atomic E-state index is -0.0168. The van der Waals surface area contributed by atoms with E-state index in [4.69, 9.17) is 9.47 Å². The van der Waals surface area contributed by atoms with Gasteiger partial charge in [-0.15, -0.1) is 13.2 Å². The highest BCUT2D eigenvalue weighted by molar-refractivity contribution is 5.92. The van der Waals surface area contributed by atoms with Crippen molar-refractivity contribution in [3.63, 3.8) is 0 Å². The molecule has 0 amide bonds. The van der Waals surface area contributed by atoms with Gasteiger partial charge in [-0.2, -0.15) is 0 Å². The van der Waals surface area contributed by atoms with Crippen molar-refractivity contribution in [2.24, 2.45) is 11.3 Å². The fraction of sp³-hybridized carbons (Fsp3) is 0.562. The van der Waals surface area contributed by atoms with Crippen LogP contribution in [0.3, 0.4) is 0 Å². The molecule has 0 aliphatic heterocycles. The van der Waals surface area contributed by atoms with Crippen LogP contribution in [0, 0.1) is 11.3 Å². The van der Waals surface area contributed by atoms with Crippen LogP contribution < -0.4 is 0 Å². The Kier molecular flexibility index (Phi) is 6.74. The summed E-state index contributed by atoms with van der Waals surface area (Å²) in [5.74, 6) is 0.252. The fourth-order valence-electron chi connectivity index (χ4n) is 2.60. The number of rotatable bonds is 9. The minimum Gasteiger partial charge on any atom is -0.359 e. The quantitative estimate of drug-likeness (QED) is 0.364. The van der Waals surface area contributed by atoms with E-state index in [1.54, 1.807) is 13.2 Å². The van der Waals surface area contributed by atoms with Gasteiger partial charge in [-0.1, -0.05) is 18.2 Å². The lowest BCUT2D eigenvalue weighted by Gasteiger charge is -2.35. The standard InChI is InChI=1S/C16H24O3/c1-4-6-14-12-16(8-5-2,9-7-15(14)17)10-11-19-13-18-3/h4-5,7,9,14H,1-2,6,8,10-13H2,3H3. The molecule has 0 fully saturated rings. The molecule has 0 saturated heterocycles. The van der Waals surface area contributed by atoms with Gasteiger partial charge in [-0.3, -0.25) is 4.79 Å².